The van der Waals surface area contributed by atoms with Crippen LogP contribution in [0.25, 0.3) is 0 Å². The number of nitrogens with zero attached hydrogens (tertiary/aromatic N) is 2. The molecule has 6 heteroatoms. The van der Waals surface area contributed by atoms with Crippen LogP contribution in [0.5, 0.6) is 0 Å². The van der Waals surface area contributed by atoms with E-state index in [2.05, 4.69) is 32.6 Å². The number of aliphatic imine (C=N–C) groups is 1. The summed E-state index contributed by atoms with van der Waals surface area (Å²) in [5.74, 6) is -0.166. The van der Waals surface area contributed by atoms with Gasteiger partial charge in [-0.15, -0.1) is 0 Å². The van der Waals surface area contributed by atoms with Crippen molar-refractivity contribution < 1.29 is 4.79 Å². The van der Waals surface area contributed by atoms with E-state index in [1.165, 1.54) is 0 Å². The number of hydrogen-bond donors (Lipinski definition) is 3. The van der Waals surface area contributed by atoms with E-state index >= 15 is 0 Å². The largest absolute Gasteiger partial charge is 0.356 e. The van der Waals surface area contributed by atoms with Crippen molar-refractivity contribution >= 4 is 35.4 Å². The van der Waals surface area contributed by atoms with Crippen LogP contribution in [0.1, 0.15) is 23.0 Å². The van der Waals surface area contributed by atoms with Crippen molar-refractivity contribution in [3.63, 3.8) is 0 Å². The maximum absolute atomic E-state index is 12.6. The van der Waals surface area contributed by atoms with Gasteiger partial charge in [0, 0.05) is 52.1 Å². The molecule has 1 heterocycles. The van der Waals surface area contributed by atoms with Crippen molar-refractivity contribution in [2.24, 2.45) is 4.99 Å². The molecule has 31 heavy (non-hydrogen) atoms. The SMILES string of the molecule is C=N/C=C\C(=C/C)Nc1ccc(NC(=O)c2ccc(Nc3ccnc(C)c3)cc2)cc1. The molecule has 1 aromatic heterocycles. The maximum atomic E-state index is 12.6. The van der Waals surface area contributed by atoms with Crippen molar-refractivity contribution in [1.82, 2.24) is 4.98 Å². The first kappa shape index (κ1) is 21.5. The molecule has 0 unspecified atom stereocenters. The Kier molecular flexibility index (Phi) is 7.32. The van der Waals surface area contributed by atoms with E-state index in [1.807, 2.05) is 74.5 Å². The lowest BCUT2D eigenvalue weighted by Crippen LogP contribution is -2.11. The molecule has 3 N–H and O–H groups in total. The maximum Gasteiger partial charge on any atom is 0.255 e. The second-order valence-electron chi connectivity index (χ2n) is 6.79. The Labute approximate surface area is 182 Å². The Morgan fingerprint density at radius 3 is 2.19 bits per heavy atom. The van der Waals surface area contributed by atoms with Gasteiger partial charge in [0.25, 0.3) is 5.91 Å². The highest BCUT2D eigenvalue weighted by atomic mass is 16.1. The number of carbonyl (C=O) groups excluding carboxylic acids is 1. The van der Waals surface area contributed by atoms with Crippen molar-refractivity contribution in [2.75, 3.05) is 16.0 Å². The Bertz CT molecular complexity index is 1100. The first-order valence-electron chi connectivity index (χ1n) is 9.84. The minimum Gasteiger partial charge on any atom is -0.356 e. The fourth-order valence-corrected chi connectivity index (χ4v) is 2.84. The number of nitrogens with one attached hydrogen (secondary N) is 3. The van der Waals surface area contributed by atoms with E-state index in [0.29, 0.717) is 5.56 Å². The van der Waals surface area contributed by atoms with E-state index in [1.54, 1.807) is 24.5 Å². The number of carbonyl (C=O) groups is 1. The van der Waals surface area contributed by atoms with Gasteiger partial charge in [0.2, 0.25) is 0 Å². The molecule has 0 atom stereocenters. The molecule has 6 nitrogen and oxygen atoms in total. The summed E-state index contributed by atoms with van der Waals surface area (Å²) in [4.78, 5) is 20.5. The molecule has 0 aliphatic heterocycles. The van der Waals surface area contributed by atoms with Gasteiger partial charge >= 0.3 is 0 Å². The molecule has 0 spiro atoms. The zero-order chi connectivity index (χ0) is 22.1. The van der Waals surface area contributed by atoms with Crippen LogP contribution in [-0.2, 0) is 0 Å². The number of rotatable bonds is 8. The van der Waals surface area contributed by atoms with Crippen molar-refractivity contribution in [3.05, 3.63) is 102 Å². The third-order valence-corrected chi connectivity index (χ3v) is 4.43. The highest BCUT2D eigenvalue weighted by Crippen LogP contribution is 2.19. The number of aryl methyl sites for hydroxylation is 1. The minimum absolute atomic E-state index is 0.166. The number of amides is 1. The highest BCUT2D eigenvalue weighted by molar-refractivity contribution is 6.04. The third-order valence-electron chi connectivity index (χ3n) is 4.43. The quantitative estimate of drug-likeness (QED) is 0.318. The predicted molar refractivity (Wildman–Crippen MR) is 129 cm³/mol. The number of pyridine rings is 1. The average molecular weight is 412 g/mol. The van der Waals surface area contributed by atoms with Crippen LogP contribution in [0.15, 0.2) is 95.9 Å². The van der Waals surface area contributed by atoms with Crippen molar-refractivity contribution in [3.8, 4) is 0 Å². The molecule has 0 saturated heterocycles. The second-order valence-corrected chi connectivity index (χ2v) is 6.79. The van der Waals surface area contributed by atoms with Crippen LogP contribution in [0, 0.1) is 6.92 Å². The average Bonchev–Trinajstić information content (AvgIpc) is 2.78. The molecule has 3 rings (SSSR count). The number of allylic oxidation sites excluding steroid dienone is 2. The normalized spacial score (nSPS) is 11.2. The molecular weight excluding hydrogens is 386 g/mol. The van der Waals surface area contributed by atoms with E-state index in [9.17, 15) is 4.79 Å². The smallest absolute Gasteiger partial charge is 0.255 e. The van der Waals surface area contributed by atoms with E-state index < -0.39 is 0 Å². The number of anilines is 4. The van der Waals surface area contributed by atoms with Gasteiger partial charge in [-0.3, -0.25) is 14.8 Å². The van der Waals surface area contributed by atoms with E-state index in [0.717, 1.165) is 34.1 Å². The van der Waals surface area contributed by atoms with Gasteiger partial charge in [-0.05, 0) is 87.3 Å². The molecule has 2 aromatic carbocycles. The molecular formula is C25H25N5O. The van der Waals surface area contributed by atoms with E-state index in [-0.39, 0.29) is 5.91 Å². The summed E-state index contributed by atoms with van der Waals surface area (Å²) < 4.78 is 0. The van der Waals surface area contributed by atoms with Gasteiger partial charge in [-0.1, -0.05) is 6.08 Å². The predicted octanol–water partition coefficient (Wildman–Crippen LogP) is 5.92. The summed E-state index contributed by atoms with van der Waals surface area (Å²) >= 11 is 0. The van der Waals surface area contributed by atoms with Crippen LogP contribution in [0.3, 0.4) is 0 Å². The Balaban J connectivity index is 1.59. The second kappa shape index (κ2) is 10.5. The van der Waals surface area contributed by atoms with Gasteiger partial charge in [-0.25, -0.2) is 0 Å². The molecule has 1 amide bonds. The van der Waals surface area contributed by atoms with Crippen LogP contribution in [0.2, 0.25) is 0 Å². The number of aromatic nitrogens is 1. The van der Waals surface area contributed by atoms with Crippen LogP contribution < -0.4 is 16.0 Å². The molecule has 0 aliphatic rings. The minimum atomic E-state index is -0.166. The topological polar surface area (TPSA) is 78.4 Å². The summed E-state index contributed by atoms with van der Waals surface area (Å²) in [5, 5.41) is 9.49. The zero-order valence-electron chi connectivity index (χ0n) is 17.6. The van der Waals surface area contributed by atoms with Crippen LogP contribution in [0.4, 0.5) is 22.7 Å². The number of hydrogen-bond acceptors (Lipinski definition) is 5. The lowest BCUT2D eigenvalue weighted by atomic mass is 10.1. The summed E-state index contributed by atoms with van der Waals surface area (Å²) in [6, 6.07) is 18.7. The number of benzene rings is 2. The molecule has 3 aromatic rings. The Morgan fingerprint density at radius 2 is 1.58 bits per heavy atom. The summed E-state index contributed by atoms with van der Waals surface area (Å²) in [7, 11) is 0. The summed E-state index contributed by atoms with van der Waals surface area (Å²) in [6.45, 7) is 7.30. The Hall–Kier alpha value is -4.19. The third kappa shape index (κ3) is 6.40. The fourth-order valence-electron chi connectivity index (χ4n) is 2.84. The molecule has 0 fully saturated rings. The first-order chi connectivity index (χ1) is 15.1. The molecule has 0 radical (unpaired) electrons. The van der Waals surface area contributed by atoms with E-state index in [4.69, 9.17) is 0 Å². The summed E-state index contributed by atoms with van der Waals surface area (Å²) in [5.41, 5.74) is 5.90. The van der Waals surface area contributed by atoms with Crippen molar-refractivity contribution in [2.45, 2.75) is 13.8 Å². The van der Waals surface area contributed by atoms with Crippen LogP contribution >= 0.6 is 0 Å². The van der Waals surface area contributed by atoms with Gasteiger partial charge in [-0.2, -0.15) is 0 Å². The van der Waals surface area contributed by atoms with Gasteiger partial charge in [0.05, 0.1) is 0 Å². The standard InChI is InChI=1S/C25H25N5O/c1-4-20(13-15-26-3)28-22-9-11-23(12-10-22)30-25(31)19-5-7-21(8-6-19)29-24-14-16-27-18(2)17-24/h4-17,28H,3H2,1-2H3,(H,27,29)(H,30,31)/b15-13-,20-4+. The Morgan fingerprint density at radius 1 is 0.935 bits per heavy atom. The first-order valence-corrected chi connectivity index (χ1v) is 9.84. The van der Waals surface area contributed by atoms with Gasteiger partial charge in [0.1, 0.15) is 0 Å². The summed E-state index contributed by atoms with van der Waals surface area (Å²) in [6.07, 6.45) is 7.15. The van der Waals surface area contributed by atoms with Gasteiger partial charge in [0.15, 0.2) is 0 Å². The lowest BCUT2D eigenvalue weighted by Gasteiger charge is -2.10. The van der Waals surface area contributed by atoms with Gasteiger partial charge < -0.3 is 16.0 Å². The van der Waals surface area contributed by atoms with Crippen LogP contribution in [-0.4, -0.2) is 17.6 Å². The fraction of sp³-hybridized carbons (Fsp3) is 0.0800. The molecule has 0 saturated carbocycles. The lowest BCUT2D eigenvalue weighted by molar-refractivity contribution is 0.102. The zero-order valence-corrected chi connectivity index (χ0v) is 17.6. The van der Waals surface area contributed by atoms with Crippen molar-refractivity contribution in [1.29, 1.82) is 0 Å². The monoisotopic (exact) mass is 411 g/mol. The highest BCUT2D eigenvalue weighted by Gasteiger charge is 2.07. The molecule has 0 aliphatic carbocycles. The molecule has 156 valence electrons. The molecule has 0 bridgehead atoms.